The molecule has 0 radical (unpaired) electrons. The van der Waals surface area contributed by atoms with Crippen molar-refractivity contribution in [3.63, 3.8) is 0 Å². The highest BCUT2D eigenvalue weighted by molar-refractivity contribution is 7.86. The zero-order valence-corrected chi connectivity index (χ0v) is 6.23. The SMILES string of the molecule is O=S(=O)(F)C[C@@H]1CCCO1. The Labute approximate surface area is 59.4 Å². The first kappa shape index (κ1) is 7.94. The highest BCUT2D eigenvalue weighted by Crippen LogP contribution is 2.14. The molecule has 0 aromatic heterocycles. The predicted molar refractivity (Wildman–Crippen MR) is 33.9 cm³/mol. The van der Waals surface area contributed by atoms with Gasteiger partial charge in [-0.15, -0.1) is 3.89 Å². The summed E-state index contributed by atoms with van der Waals surface area (Å²) in [6.07, 6.45) is 1.08. The van der Waals surface area contributed by atoms with Gasteiger partial charge in [-0.2, -0.15) is 8.42 Å². The Morgan fingerprint density at radius 1 is 1.60 bits per heavy atom. The van der Waals surface area contributed by atoms with Crippen LogP contribution in [0, 0.1) is 0 Å². The van der Waals surface area contributed by atoms with Crippen molar-refractivity contribution in [2.24, 2.45) is 0 Å². The van der Waals surface area contributed by atoms with E-state index in [2.05, 4.69) is 0 Å². The fourth-order valence-corrected chi connectivity index (χ4v) is 1.70. The van der Waals surface area contributed by atoms with Crippen molar-refractivity contribution >= 4 is 10.2 Å². The lowest BCUT2D eigenvalue weighted by Crippen LogP contribution is -2.16. The second-order valence-corrected chi connectivity index (χ2v) is 3.75. The Hall–Kier alpha value is -0.160. The molecule has 0 bridgehead atoms. The van der Waals surface area contributed by atoms with E-state index in [0.29, 0.717) is 13.0 Å². The Balaban J connectivity index is 2.38. The maximum Gasteiger partial charge on any atom is 0.304 e. The summed E-state index contributed by atoms with van der Waals surface area (Å²) < 4.78 is 36.9. The third-order valence-electron chi connectivity index (χ3n) is 1.41. The van der Waals surface area contributed by atoms with Crippen LogP contribution in [-0.2, 0) is 15.0 Å². The van der Waals surface area contributed by atoms with Gasteiger partial charge in [-0.1, -0.05) is 0 Å². The van der Waals surface area contributed by atoms with Gasteiger partial charge in [-0.05, 0) is 12.8 Å². The Morgan fingerprint density at radius 2 is 2.30 bits per heavy atom. The second kappa shape index (κ2) is 2.84. The van der Waals surface area contributed by atoms with Gasteiger partial charge >= 0.3 is 10.2 Å². The molecule has 1 aliphatic heterocycles. The molecule has 0 aliphatic carbocycles. The molecule has 60 valence electrons. The summed E-state index contributed by atoms with van der Waals surface area (Å²) in [5.74, 6) is -0.479. The smallest absolute Gasteiger partial charge is 0.304 e. The molecule has 1 aliphatic rings. The largest absolute Gasteiger partial charge is 0.377 e. The van der Waals surface area contributed by atoms with Gasteiger partial charge in [0.05, 0.1) is 6.10 Å². The highest BCUT2D eigenvalue weighted by atomic mass is 32.3. The molecule has 0 saturated carbocycles. The van der Waals surface area contributed by atoms with Gasteiger partial charge in [-0.25, -0.2) is 0 Å². The molecule has 0 amide bonds. The van der Waals surface area contributed by atoms with E-state index in [9.17, 15) is 12.3 Å². The molecule has 3 nitrogen and oxygen atoms in total. The van der Waals surface area contributed by atoms with Crippen LogP contribution in [-0.4, -0.2) is 26.9 Å². The van der Waals surface area contributed by atoms with E-state index in [0.717, 1.165) is 6.42 Å². The number of hydrogen-bond acceptors (Lipinski definition) is 3. The summed E-state index contributed by atoms with van der Waals surface area (Å²) in [4.78, 5) is 0. The first-order valence-corrected chi connectivity index (χ1v) is 4.67. The first-order chi connectivity index (χ1) is 4.58. The van der Waals surface area contributed by atoms with Crippen molar-refractivity contribution in [3.8, 4) is 0 Å². The van der Waals surface area contributed by atoms with Crippen molar-refractivity contribution in [2.45, 2.75) is 18.9 Å². The van der Waals surface area contributed by atoms with Crippen molar-refractivity contribution in [1.82, 2.24) is 0 Å². The lowest BCUT2D eigenvalue weighted by atomic mass is 10.3. The minimum absolute atomic E-state index is 0.407. The van der Waals surface area contributed by atoms with Crippen molar-refractivity contribution < 1.29 is 17.0 Å². The minimum atomic E-state index is -4.33. The van der Waals surface area contributed by atoms with Crippen LogP contribution in [0.2, 0.25) is 0 Å². The van der Waals surface area contributed by atoms with Crippen LogP contribution in [0.3, 0.4) is 0 Å². The average Bonchev–Trinajstić information content (AvgIpc) is 2.12. The molecule has 1 rings (SSSR count). The summed E-state index contributed by atoms with van der Waals surface area (Å²) >= 11 is 0. The molecule has 0 spiro atoms. The monoisotopic (exact) mass is 168 g/mol. The van der Waals surface area contributed by atoms with Gasteiger partial charge in [-0.3, -0.25) is 0 Å². The zero-order chi connectivity index (χ0) is 7.61. The quantitative estimate of drug-likeness (QED) is 0.563. The van der Waals surface area contributed by atoms with Crippen LogP contribution in [0.4, 0.5) is 3.89 Å². The number of ether oxygens (including phenoxy) is 1. The fraction of sp³-hybridized carbons (Fsp3) is 1.00. The third kappa shape index (κ3) is 2.62. The molecule has 0 aromatic rings. The summed E-state index contributed by atoms with van der Waals surface area (Å²) in [6, 6.07) is 0. The average molecular weight is 168 g/mol. The summed E-state index contributed by atoms with van der Waals surface area (Å²) in [5.41, 5.74) is 0. The summed E-state index contributed by atoms with van der Waals surface area (Å²) in [5, 5.41) is 0. The molecule has 1 heterocycles. The normalized spacial score (nSPS) is 27.1. The molecule has 0 unspecified atom stereocenters. The summed E-state index contributed by atoms with van der Waals surface area (Å²) in [6.45, 7) is 0.556. The van der Waals surface area contributed by atoms with Crippen LogP contribution in [0.1, 0.15) is 12.8 Å². The topological polar surface area (TPSA) is 43.4 Å². The number of hydrogen-bond donors (Lipinski definition) is 0. The number of rotatable bonds is 2. The Bertz CT molecular complexity index is 193. The van der Waals surface area contributed by atoms with E-state index in [1.54, 1.807) is 0 Å². The lowest BCUT2D eigenvalue weighted by Gasteiger charge is -2.03. The van der Waals surface area contributed by atoms with Crippen LogP contribution in [0.15, 0.2) is 0 Å². The second-order valence-electron chi connectivity index (χ2n) is 2.34. The van der Waals surface area contributed by atoms with E-state index >= 15 is 0 Å². The molecule has 0 N–H and O–H groups in total. The van der Waals surface area contributed by atoms with Crippen molar-refractivity contribution in [1.29, 1.82) is 0 Å². The molecule has 10 heavy (non-hydrogen) atoms. The third-order valence-corrected chi connectivity index (χ3v) is 2.18. The van der Waals surface area contributed by atoms with Crippen LogP contribution in [0.5, 0.6) is 0 Å². The van der Waals surface area contributed by atoms with Crippen LogP contribution >= 0.6 is 0 Å². The fourth-order valence-electron chi connectivity index (χ4n) is 0.998. The van der Waals surface area contributed by atoms with Gasteiger partial charge in [0.2, 0.25) is 0 Å². The minimum Gasteiger partial charge on any atom is -0.377 e. The molecule has 1 fully saturated rings. The standard InChI is InChI=1S/C5H9FO3S/c6-10(7,8)4-5-2-1-3-9-5/h5H,1-4H2/t5-/m0/s1. The highest BCUT2D eigenvalue weighted by Gasteiger charge is 2.22. The van der Waals surface area contributed by atoms with E-state index in [4.69, 9.17) is 4.74 Å². The molecular formula is C5H9FO3S. The lowest BCUT2D eigenvalue weighted by molar-refractivity contribution is 0.127. The molecule has 5 heteroatoms. The number of halogens is 1. The van der Waals surface area contributed by atoms with Gasteiger partial charge < -0.3 is 4.74 Å². The van der Waals surface area contributed by atoms with Crippen molar-refractivity contribution in [2.75, 3.05) is 12.4 Å². The van der Waals surface area contributed by atoms with Crippen LogP contribution in [0.25, 0.3) is 0 Å². The van der Waals surface area contributed by atoms with E-state index < -0.39 is 22.1 Å². The summed E-state index contributed by atoms with van der Waals surface area (Å²) in [7, 11) is -4.33. The van der Waals surface area contributed by atoms with Gasteiger partial charge in [0.25, 0.3) is 0 Å². The van der Waals surface area contributed by atoms with Gasteiger partial charge in [0.1, 0.15) is 5.75 Å². The van der Waals surface area contributed by atoms with Crippen LogP contribution < -0.4 is 0 Å². The molecule has 1 atom stereocenters. The zero-order valence-electron chi connectivity index (χ0n) is 5.42. The van der Waals surface area contributed by atoms with Gasteiger partial charge in [0, 0.05) is 6.61 Å². The molecular weight excluding hydrogens is 159 g/mol. The Kier molecular flexibility index (Phi) is 2.25. The molecule has 0 aromatic carbocycles. The van der Waals surface area contributed by atoms with Gasteiger partial charge in [0.15, 0.2) is 0 Å². The first-order valence-electron chi connectivity index (χ1n) is 3.12. The maximum atomic E-state index is 11.9. The van der Waals surface area contributed by atoms with E-state index in [-0.39, 0.29) is 0 Å². The maximum absolute atomic E-state index is 11.9. The predicted octanol–water partition coefficient (Wildman–Crippen LogP) is 0.465. The molecule has 1 saturated heterocycles. The van der Waals surface area contributed by atoms with E-state index in [1.807, 2.05) is 0 Å². The van der Waals surface area contributed by atoms with Crippen molar-refractivity contribution in [3.05, 3.63) is 0 Å². The van der Waals surface area contributed by atoms with E-state index in [1.165, 1.54) is 0 Å². The Morgan fingerprint density at radius 3 is 2.70 bits per heavy atom.